The summed E-state index contributed by atoms with van der Waals surface area (Å²) in [5.74, 6) is -0.389. The van der Waals surface area contributed by atoms with Gasteiger partial charge < -0.3 is 9.84 Å². The van der Waals surface area contributed by atoms with Gasteiger partial charge in [-0.3, -0.25) is 0 Å². The summed E-state index contributed by atoms with van der Waals surface area (Å²) in [5.41, 5.74) is 0. The molecule has 0 aliphatic carbocycles. The summed E-state index contributed by atoms with van der Waals surface area (Å²) in [7, 11) is 0. The zero-order valence-electron chi connectivity index (χ0n) is 11.7. The largest absolute Gasteiger partial charge is 0.463 e. The maximum absolute atomic E-state index is 10.8. The van der Waals surface area contributed by atoms with Gasteiger partial charge >= 0.3 is 5.97 Å². The highest BCUT2D eigenvalue weighted by Crippen LogP contribution is 2.11. The first-order chi connectivity index (χ1) is 8.70. The Bertz CT molecular complexity index is 214. The lowest BCUT2D eigenvalue weighted by molar-refractivity contribution is -0.138. The number of aliphatic hydroxyl groups is 1. The Balaban J connectivity index is 3.24. The van der Waals surface area contributed by atoms with Crippen LogP contribution in [0.1, 0.15) is 64.7 Å². The lowest BCUT2D eigenvalue weighted by atomic mass is 10.0. The normalized spacial score (nSPS) is 12.1. The average Bonchev–Trinajstić information content (AvgIpc) is 2.38. The Morgan fingerprint density at radius 1 is 1.17 bits per heavy atom. The number of carbonyl (C=O) groups is 1. The molecule has 1 N–H and O–H groups in total. The van der Waals surface area contributed by atoms with Gasteiger partial charge in [-0.2, -0.15) is 0 Å². The van der Waals surface area contributed by atoms with Crippen LogP contribution in [0.5, 0.6) is 0 Å². The summed E-state index contributed by atoms with van der Waals surface area (Å²) in [6, 6.07) is 0. The number of rotatable bonds is 12. The van der Waals surface area contributed by atoms with E-state index in [1.54, 1.807) is 0 Å². The summed E-state index contributed by atoms with van der Waals surface area (Å²) in [6.07, 6.45) is 10.7. The van der Waals surface area contributed by atoms with Crippen molar-refractivity contribution in [3.63, 3.8) is 0 Å². The van der Waals surface area contributed by atoms with Crippen molar-refractivity contribution >= 4 is 5.97 Å². The molecule has 0 radical (unpaired) electrons. The van der Waals surface area contributed by atoms with Crippen LogP contribution in [0.4, 0.5) is 0 Å². The van der Waals surface area contributed by atoms with E-state index in [9.17, 15) is 9.90 Å². The Morgan fingerprint density at radius 3 is 2.44 bits per heavy atom. The Kier molecular flexibility index (Phi) is 12.0. The van der Waals surface area contributed by atoms with Crippen LogP contribution in [-0.2, 0) is 9.53 Å². The maximum atomic E-state index is 10.8. The molecule has 18 heavy (non-hydrogen) atoms. The molecule has 0 amide bonds. The molecule has 0 rings (SSSR count). The number of aliphatic hydroxyl groups excluding tert-OH is 1. The Labute approximate surface area is 111 Å². The van der Waals surface area contributed by atoms with Gasteiger partial charge in [-0.25, -0.2) is 4.79 Å². The van der Waals surface area contributed by atoms with Crippen molar-refractivity contribution in [1.82, 2.24) is 0 Å². The molecule has 106 valence electrons. The van der Waals surface area contributed by atoms with E-state index in [1.165, 1.54) is 32.1 Å². The van der Waals surface area contributed by atoms with E-state index in [0.29, 0.717) is 13.0 Å². The fourth-order valence-electron chi connectivity index (χ4n) is 1.86. The molecular weight excluding hydrogens is 228 g/mol. The van der Waals surface area contributed by atoms with Crippen LogP contribution < -0.4 is 0 Å². The zero-order chi connectivity index (χ0) is 13.6. The standard InChI is InChI=1S/C15H28O3/c1-3-5-6-7-8-9-11-14(16)12-10-13-18-15(17)4-2/h4,14,16H,2-3,5-13H2,1H3. The first-order valence-corrected chi connectivity index (χ1v) is 7.18. The summed E-state index contributed by atoms with van der Waals surface area (Å²) in [4.78, 5) is 10.8. The molecule has 0 saturated carbocycles. The van der Waals surface area contributed by atoms with Crippen molar-refractivity contribution in [2.45, 2.75) is 70.8 Å². The average molecular weight is 256 g/mol. The summed E-state index contributed by atoms with van der Waals surface area (Å²) >= 11 is 0. The minimum atomic E-state index is -0.389. The van der Waals surface area contributed by atoms with E-state index in [4.69, 9.17) is 4.74 Å². The van der Waals surface area contributed by atoms with E-state index in [0.717, 1.165) is 25.3 Å². The molecule has 3 nitrogen and oxygen atoms in total. The van der Waals surface area contributed by atoms with Crippen molar-refractivity contribution in [1.29, 1.82) is 0 Å². The summed E-state index contributed by atoms with van der Waals surface area (Å²) < 4.78 is 4.84. The molecule has 1 atom stereocenters. The topological polar surface area (TPSA) is 46.5 Å². The van der Waals surface area contributed by atoms with Gasteiger partial charge in [0.25, 0.3) is 0 Å². The number of hydrogen-bond donors (Lipinski definition) is 1. The molecule has 0 heterocycles. The fourth-order valence-corrected chi connectivity index (χ4v) is 1.86. The molecule has 1 unspecified atom stereocenters. The van der Waals surface area contributed by atoms with Crippen LogP contribution in [0.25, 0.3) is 0 Å². The SMILES string of the molecule is C=CC(=O)OCCCC(O)CCCCCCCC. The number of hydrogen-bond acceptors (Lipinski definition) is 3. The van der Waals surface area contributed by atoms with Crippen molar-refractivity contribution in [3.8, 4) is 0 Å². The summed E-state index contributed by atoms with van der Waals surface area (Å²) in [5, 5.41) is 9.71. The van der Waals surface area contributed by atoms with Crippen LogP contribution >= 0.6 is 0 Å². The molecule has 0 aliphatic rings. The van der Waals surface area contributed by atoms with Crippen molar-refractivity contribution in [2.24, 2.45) is 0 Å². The minimum absolute atomic E-state index is 0.251. The van der Waals surface area contributed by atoms with Gasteiger partial charge in [0.15, 0.2) is 0 Å². The predicted octanol–water partition coefficient (Wildman–Crippen LogP) is 3.61. The van der Waals surface area contributed by atoms with E-state index >= 15 is 0 Å². The number of esters is 1. The predicted molar refractivity (Wildman–Crippen MR) is 74.4 cm³/mol. The molecule has 3 heteroatoms. The second kappa shape index (κ2) is 12.6. The number of ether oxygens (including phenoxy) is 1. The fraction of sp³-hybridized carbons (Fsp3) is 0.800. The first-order valence-electron chi connectivity index (χ1n) is 7.18. The third kappa shape index (κ3) is 11.6. The van der Waals surface area contributed by atoms with Crippen LogP contribution in [0, 0.1) is 0 Å². The van der Waals surface area contributed by atoms with Crippen molar-refractivity contribution in [2.75, 3.05) is 6.61 Å². The van der Waals surface area contributed by atoms with Gasteiger partial charge in [0, 0.05) is 6.08 Å². The number of carbonyl (C=O) groups excluding carboxylic acids is 1. The van der Waals surface area contributed by atoms with E-state index in [1.807, 2.05) is 0 Å². The molecule has 0 spiro atoms. The molecule has 0 aromatic heterocycles. The molecule has 0 aromatic carbocycles. The van der Waals surface area contributed by atoms with Gasteiger partial charge in [0.05, 0.1) is 12.7 Å². The second-order valence-electron chi connectivity index (χ2n) is 4.72. The maximum Gasteiger partial charge on any atom is 0.330 e. The van der Waals surface area contributed by atoms with Gasteiger partial charge in [-0.05, 0) is 19.3 Å². The highest BCUT2D eigenvalue weighted by atomic mass is 16.5. The van der Waals surface area contributed by atoms with Crippen LogP contribution in [0.3, 0.4) is 0 Å². The van der Waals surface area contributed by atoms with Crippen LogP contribution in [-0.4, -0.2) is 23.8 Å². The molecule has 0 fully saturated rings. The number of unbranched alkanes of at least 4 members (excludes halogenated alkanes) is 5. The smallest absolute Gasteiger partial charge is 0.330 e. The Hall–Kier alpha value is -0.830. The monoisotopic (exact) mass is 256 g/mol. The third-order valence-electron chi connectivity index (χ3n) is 2.98. The molecule has 0 bridgehead atoms. The van der Waals surface area contributed by atoms with Crippen LogP contribution in [0.2, 0.25) is 0 Å². The molecule has 0 aromatic rings. The lowest BCUT2D eigenvalue weighted by Gasteiger charge is -2.10. The quantitative estimate of drug-likeness (QED) is 0.329. The highest BCUT2D eigenvalue weighted by Gasteiger charge is 2.04. The van der Waals surface area contributed by atoms with E-state index in [2.05, 4.69) is 13.5 Å². The second-order valence-corrected chi connectivity index (χ2v) is 4.72. The highest BCUT2D eigenvalue weighted by molar-refractivity contribution is 5.81. The molecule has 0 aliphatic heterocycles. The van der Waals surface area contributed by atoms with Crippen LogP contribution in [0.15, 0.2) is 12.7 Å². The van der Waals surface area contributed by atoms with Gasteiger partial charge in [-0.1, -0.05) is 52.0 Å². The van der Waals surface area contributed by atoms with E-state index < -0.39 is 0 Å². The first kappa shape index (κ1) is 17.2. The van der Waals surface area contributed by atoms with Crippen molar-refractivity contribution in [3.05, 3.63) is 12.7 Å². The van der Waals surface area contributed by atoms with Gasteiger partial charge in [-0.15, -0.1) is 0 Å². The minimum Gasteiger partial charge on any atom is -0.463 e. The Morgan fingerprint density at radius 2 is 1.78 bits per heavy atom. The van der Waals surface area contributed by atoms with Crippen molar-refractivity contribution < 1.29 is 14.6 Å². The third-order valence-corrected chi connectivity index (χ3v) is 2.98. The van der Waals surface area contributed by atoms with Gasteiger partial charge in [0.1, 0.15) is 0 Å². The molecule has 0 saturated heterocycles. The zero-order valence-corrected chi connectivity index (χ0v) is 11.7. The van der Waals surface area contributed by atoms with Gasteiger partial charge in [0.2, 0.25) is 0 Å². The lowest BCUT2D eigenvalue weighted by Crippen LogP contribution is -2.09. The van der Waals surface area contributed by atoms with E-state index in [-0.39, 0.29) is 12.1 Å². The summed E-state index contributed by atoms with van der Waals surface area (Å²) in [6.45, 7) is 5.91. The molecular formula is C15H28O3.